The SMILES string of the molecule is CCOc1ccc(/C=C(\C(=O)O)c2ccc(C)c(C)c2)cc1[N+](=O)[O-]. The normalized spacial score (nSPS) is 11.2. The van der Waals surface area contributed by atoms with E-state index in [2.05, 4.69) is 0 Å². The molecule has 0 fully saturated rings. The summed E-state index contributed by atoms with van der Waals surface area (Å²) < 4.78 is 5.24. The summed E-state index contributed by atoms with van der Waals surface area (Å²) in [5, 5.41) is 20.7. The lowest BCUT2D eigenvalue weighted by Crippen LogP contribution is -2.01. The Morgan fingerprint density at radius 2 is 1.92 bits per heavy atom. The minimum Gasteiger partial charge on any atom is -0.487 e. The van der Waals surface area contributed by atoms with Crippen LogP contribution in [-0.2, 0) is 4.79 Å². The van der Waals surface area contributed by atoms with E-state index in [9.17, 15) is 20.0 Å². The molecule has 0 radical (unpaired) electrons. The molecule has 130 valence electrons. The van der Waals surface area contributed by atoms with Gasteiger partial charge in [-0.2, -0.15) is 0 Å². The molecular weight excluding hydrogens is 322 g/mol. The Balaban J connectivity index is 2.53. The number of hydrogen-bond donors (Lipinski definition) is 1. The summed E-state index contributed by atoms with van der Waals surface area (Å²) in [5.74, 6) is -0.938. The van der Waals surface area contributed by atoms with Crippen molar-refractivity contribution < 1.29 is 19.6 Å². The van der Waals surface area contributed by atoms with Crippen LogP contribution in [0.15, 0.2) is 36.4 Å². The number of ether oxygens (including phenoxy) is 1. The smallest absolute Gasteiger partial charge is 0.336 e. The van der Waals surface area contributed by atoms with Gasteiger partial charge < -0.3 is 9.84 Å². The molecule has 0 amide bonds. The van der Waals surface area contributed by atoms with E-state index in [1.807, 2.05) is 19.9 Å². The van der Waals surface area contributed by atoms with Crippen molar-refractivity contribution in [3.63, 3.8) is 0 Å². The Hall–Kier alpha value is -3.15. The minimum atomic E-state index is -1.10. The number of hydrogen-bond acceptors (Lipinski definition) is 4. The van der Waals surface area contributed by atoms with E-state index in [1.165, 1.54) is 18.2 Å². The van der Waals surface area contributed by atoms with Gasteiger partial charge in [-0.1, -0.05) is 24.3 Å². The number of nitro benzene ring substituents is 1. The fraction of sp³-hybridized carbons (Fsp3) is 0.211. The van der Waals surface area contributed by atoms with Crippen molar-refractivity contribution in [1.29, 1.82) is 0 Å². The van der Waals surface area contributed by atoms with E-state index in [0.29, 0.717) is 17.7 Å². The number of carbonyl (C=O) groups is 1. The van der Waals surface area contributed by atoms with Gasteiger partial charge in [0.15, 0.2) is 5.75 Å². The molecule has 6 nitrogen and oxygen atoms in total. The largest absolute Gasteiger partial charge is 0.487 e. The van der Waals surface area contributed by atoms with Crippen molar-refractivity contribution in [2.45, 2.75) is 20.8 Å². The maximum atomic E-state index is 11.7. The van der Waals surface area contributed by atoms with Gasteiger partial charge >= 0.3 is 11.7 Å². The van der Waals surface area contributed by atoms with E-state index in [4.69, 9.17) is 4.74 Å². The van der Waals surface area contributed by atoms with Crippen LogP contribution in [0.2, 0.25) is 0 Å². The molecule has 0 bridgehead atoms. The number of carboxylic acid groups (broad SMARTS) is 1. The molecule has 2 aromatic carbocycles. The third-order valence-electron chi connectivity index (χ3n) is 3.84. The van der Waals surface area contributed by atoms with Crippen LogP contribution in [0.1, 0.15) is 29.2 Å². The first-order chi connectivity index (χ1) is 11.8. The predicted octanol–water partition coefficient (Wildman–Crippen LogP) is 4.24. The monoisotopic (exact) mass is 341 g/mol. The predicted molar refractivity (Wildman–Crippen MR) is 95.7 cm³/mol. The number of rotatable bonds is 6. The van der Waals surface area contributed by atoms with E-state index in [1.54, 1.807) is 25.1 Å². The first-order valence-electron chi connectivity index (χ1n) is 7.77. The molecule has 0 unspecified atom stereocenters. The molecule has 0 spiro atoms. The molecule has 2 aromatic rings. The van der Waals surface area contributed by atoms with Gasteiger partial charge in [0.1, 0.15) is 0 Å². The van der Waals surface area contributed by atoms with Crippen LogP contribution in [0.5, 0.6) is 5.75 Å². The molecule has 0 aliphatic carbocycles. The third-order valence-corrected chi connectivity index (χ3v) is 3.84. The Morgan fingerprint density at radius 1 is 1.20 bits per heavy atom. The summed E-state index contributed by atoms with van der Waals surface area (Å²) in [7, 11) is 0. The summed E-state index contributed by atoms with van der Waals surface area (Å²) in [5.41, 5.74) is 2.88. The average molecular weight is 341 g/mol. The molecule has 6 heteroatoms. The van der Waals surface area contributed by atoms with Crippen LogP contribution in [0, 0.1) is 24.0 Å². The van der Waals surface area contributed by atoms with Gasteiger partial charge in [-0.05, 0) is 55.2 Å². The summed E-state index contributed by atoms with van der Waals surface area (Å²) in [6.45, 7) is 5.89. The number of carboxylic acids is 1. The first kappa shape index (κ1) is 18.2. The van der Waals surface area contributed by atoms with Gasteiger partial charge in [0.25, 0.3) is 0 Å². The van der Waals surface area contributed by atoms with E-state index in [0.717, 1.165) is 11.1 Å². The van der Waals surface area contributed by atoms with Crippen molar-refractivity contribution in [3.05, 3.63) is 68.8 Å². The van der Waals surface area contributed by atoms with Crippen molar-refractivity contribution in [2.24, 2.45) is 0 Å². The van der Waals surface area contributed by atoms with E-state index >= 15 is 0 Å². The third kappa shape index (κ3) is 4.23. The molecule has 0 saturated heterocycles. The maximum absolute atomic E-state index is 11.7. The highest BCUT2D eigenvalue weighted by Gasteiger charge is 2.17. The highest BCUT2D eigenvalue weighted by Crippen LogP contribution is 2.30. The maximum Gasteiger partial charge on any atom is 0.336 e. The zero-order valence-corrected chi connectivity index (χ0v) is 14.3. The van der Waals surface area contributed by atoms with Crippen molar-refractivity contribution >= 4 is 23.3 Å². The molecule has 0 saturated carbocycles. The second kappa shape index (κ2) is 7.61. The van der Waals surface area contributed by atoms with Gasteiger partial charge in [0.05, 0.1) is 17.1 Å². The van der Waals surface area contributed by atoms with Gasteiger partial charge in [-0.3, -0.25) is 10.1 Å². The molecule has 25 heavy (non-hydrogen) atoms. The standard InChI is InChI=1S/C19H19NO5/c1-4-25-18-8-6-14(11-17(18)20(23)24)10-16(19(21)22)15-7-5-12(2)13(3)9-15/h5-11H,4H2,1-3H3,(H,21,22)/b16-10-. The number of nitrogens with zero attached hydrogens (tertiary/aromatic N) is 1. The quantitative estimate of drug-likeness (QED) is 0.367. The van der Waals surface area contributed by atoms with Gasteiger partial charge in [0, 0.05) is 6.07 Å². The lowest BCUT2D eigenvalue weighted by atomic mass is 9.98. The Kier molecular flexibility index (Phi) is 5.54. The first-order valence-corrected chi connectivity index (χ1v) is 7.77. The number of nitro groups is 1. The fourth-order valence-electron chi connectivity index (χ4n) is 2.39. The summed E-state index contributed by atoms with van der Waals surface area (Å²) in [4.78, 5) is 22.3. The molecule has 0 heterocycles. The average Bonchev–Trinajstić information content (AvgIpc) is 2.56. The van der Waals surface area contributed by atoms with Gasteiger partial charge in [-0.25, -0.2) is 4.79 Å². The highest BCUT2D eigenvalue weighted by atomic mass is 16.6. The van der Waals surface area contributed by atoms with Crippen molar-refractivity contribution in [2.75, 3.05) is 6.61 Å². The zero-order chi connectivity index (χ0) is 18.6. The van der Waals surface area contributed by atoms with Crippen molar-refractivity contribution in [1.82, 2.24) is 0 Å². The van der Waals surface area contributed by atoms with Crippen LogP contribution in [0.4, 0.5) is 5.69 Å². The number of aliphatic carboxylic acids is 1. The molecule has 0 aliphatic heterocycles. The highest BCUT2D eigenvalue weighted by molar-refractivity contribution is 6.20. The van der Waals surface area contributed by atoms with Gasteiger partial charge in [-0.15, -0.1) is 0 Å². The summed E-state index contributed by atoms with van der Waals surface area (Å²) in [6, 6.07) is 9.76. The molecule has 0 aliphatic rings. The zero-order valence-electron chi connectivity index (χ0n) is 14.3. The molecule has 2 rings (SSSR count). The van der Waals surface area contributed by atoms with Crippen molar-refractivity contribution in [3.8, 4) is 5.75 Å². The molecule has 0 aromatic heterocycles. The Morgan fingerprint density at radius 3 is 2.48 bits per heavy atom. The van der Waals surface area contributed by atoms with E-state index < -0.39 is 10.9 Å². The molecular formula is C19H19NO5. The van der Waals surface area contributed by atoms with Crippen LogP contribution < -0.4 is 4.74 Å². The fourth-order valence-corrected chi connectivity index (χ4v) is 2.39. The van der Waals surface area contributed by atoms with Crippen LogP contribution in [-0.4, -0.2) is 22.6 Å². The Labute approximate surface area is 145 Å². The minimum absolute atomic E-state index is 0.0709. The van der Waals surface area contributed by atoms with Gasteiger partial charge in [0.2, 0.25) is 0 Å². The second-order valence-corrected chi connectivity index (χ2v) is 5.58. The number of benzene rings is 2. The van der Waals surface area contributed by atoms with Crippen LogP contribution in [0.3, 0.4) is 0 Å². The summed E-state index contributed by atoms with van der Waals surface area (Å²) in [6.07, 6.45) is 1.43. The number of aryl methyl sites for hydroxylation is 2. The lowest BCUT2D eigenvalue weighted by molar-refractivity contribution is -0.385. The lowest BCUT2D eigenvalue weighted by Gasteiger charge is -2.08. The topological polar surface area (TPSA) is 89.7 Å². The summed E-state index contributed by atoms with van der Waals surface area (Å²) >= 11 is 0. The Bertz CT molecular complexity index is 855. The van der Waals surface area contributed by atoms with Crippen LogP contribution in [0.25, 0.3) is 11.6 Å². The molecule has 0 atom stereocenters. The van der Waals surface area contributed by atoms with Crippen LogP contribution >= 0.6 is 0 Å². The van der Waals surface area contributed by atoms with E-state index in [-0.39, 0.29) is 17.0 Å². The molecule has 1 N–H and O–H groups in total. The second-order valence-electron chi connectivity index (χ2n) is 5.58.